The molecule has 2 aromatic heterocycles. The van der Waals surface area contributed by atoms with Gasteiger partial charge in [0.2, 0.25) is 0 Å². The van der Waals surface area contributed by atoms with E-state index < -0.39 is 6.43 Å². The van der Waals surface area contributed by atoms with Gasteiger partial charge in [-0.1, -0.05) is 31.4 Å². The van der Waals surface area contributed by atoms with E-state index in [0.29, 0.717) is 23.8 Å². The van der Waals surface area contributed by atoms with E-state index in [4.69, 9.17) is 5.10 Å². The van der Waals surface area contributed by atoms with Gasteiger partial charge in [0.05, 0.1) is 18.1 Å². The van der Waals surface area contributed by atoms with Crippen molar-refractivity contribution >= 4 is 22.4 Å². The molecule has 0 spiro atoms. The largest absolute Gasteiger partial charge is 0.338 e. The molecule has 1 fully saturated rings. The fraction of sp³-hybridized carbons (Fsp3) is 0.429. The van der Waals surface area contributed by atoms with Crippen LogP contribution in [-0.2, 0) is 6.54 Å². The average molecular weight is 401 g/mol. The van der Waals surface area contributed by atoms with Crippen LogP contribution in [0.1, 0.15) is 43.7 Å². The SMILES string of the molecule is O=c1[nH]ccc2c1c(Nc1cccc(CNCC(F)F)c1)nn2C1CCCCC1. The zero-order chi connectivity index (χ0) is 20.2. The third-order valence-corrected chi connectivity index (χ3v) is 5.37. The first-order chi connectivity index (χ1) is 14.1. The molecule has 0 unspecified atom stereocenters. The van der Waals surface area contributed by atoms with Gasteiger partial charge in [0, 0.05) is 18.4 Å². The number of nitrogens with one attached hydrogen (secondary N) is 3. The van der Waals surface area contributed by atoms with Gasteiger partial charge in [0.1, 0.15) is 5.39 Å². The van der Waals surface area contributed by atoms with Gasteiger partial charge in [0.25, 0.3) is 12.0 Å². The van der Waals surface area contributed by atoms with Crippen molar-refractivity contribution in [1.29, 1.82) is 0 Å². The molecule has 0 saturated heterocycles. The molecule has 1 saturated carbocycles. The summed E-state index contributed by atoms with van der Waals surface area (Å²) in [6.45, 7) is 0.00116. The summed E-state index contributed by atoms with van der Waals surface area (Å²) in [6.07, 6.45) is 5.00. The molecule has 154 valence electrons. The highest BCUT2D eigenvalue weighted by molar-refractivity contribution is 5.91. The van der Waals surface area contributed by atoms with Gasteiger partial charge in [-0.2, -0.15) is 5.10 Å². The molecule has 0 amide bonds. The summed E-state index contributed by atoms with van der Waals surface area (Å²) in [5, 5.41) is 11.3. The highest BCUT2D eigenvalue weighted by Gasteiger charge is 2.22. The van der Waals surface area contributed by atoms with Gasteiger partial charge in [-0.3, -0.25) is 9.48 Å². The maximum Gasteiger partial charge on any atom is 0.261 e. The zero-order valence-electron chi connectivity index (χ0n) is 16.1. The number of fused-ring (bicyclic) bond motifs is 1. The number of hydrogen-bond donors (Lipinski definition) is 3. The smallest absolute Gasteiger partial charge is 0.261 e. The van der Waals surface area contributed by atoms with Crippen LogP contribution < -0.4 is 16.2 Å². The number of H-pyrrole nitrogens is 1. The number of hydrogen-bond acceptors (Lipinski definition) is 4. The lowest BCUT2D eigenvalue weighted by Gasteiger charge is -2.22. The van der Waals surface area contributed by atoms with E-state index in [1.165, 1.54) is 19.3 Å². The van der Waals surface area contributed by atoms with Gasteiger partial charge < -0.3 is 15.6 Å². The van der Waals surface area contributed by atoms with Crippen LogP contribution in [0.4, 0.5) is 20.3 Å². The minimum atomic E-state index is -2.38. The van der Waals surface area contributed by atoms with Crippen LogP contribution in [0.15, 0.2) is 41.3 Å². The highest BCUT2D eigenvalue weighted by atomic mass is 19.3. The number of aromatic nitrogens is 3. The summed E-state index contributed by atoms with van der Waals surface area (Å²) >= 11 is 0. The third-order valence-electron chi connectivity index (χ3n) is 5.37. The second-order valence-electron chi connectivity index (χ2n) is 7.50. The quantitative estimate of drug-likeness (QED) is 0.551. The molecule has 1 aliphatic carbocycles. The minimum Gasteiger partial charge on any atom is -0.338 e. The Balaban J connectivity index is 1.62. The van der Waals surface area contributed by atoms with E-state index in [0.717, 1.165) is 29.6 Å². The molecule has 0 aliphatic heterocycles. The minimum absolute atomic E-state index is 0.179. The molecular formula is C21H25F2N5O. The Bertz CT molecular complexity index is 1020. The average Bonchev–Trinajstić information content (AvgIpc) is 3.08. The van der Waals surface area contributed by atoms with Crippen LogP contribution in [0.2, 0.25) is 0 Å². The van der Waals surface area contributed by atoms with E-state index >= 15 is 0 Å². The lowest BCUT2D eigenvalue weighted by Crippen LogP contribution is -2.20. The number of halogens is 2. The molecular weight excluding hydrogens is 376 g/mol. The Hall–Kier alpha value is -2.74. The van der Waals surface area contributed by atoms with Gasteiger partial charge in [-0.25, -0.2) is 8.78 Å². The van der Waals surface area contributed by atoms with Crippen molar-refractivity contribution in [1.82, 2.24) is 20.1 Å². The molecule has 0 atom stereocenters. The molecule has 29 heavy (non-hydrogen) atoms. The van der Waals surface area contributed by atoms with E-state index in [1.54, 1.807) is 6.20 Å². The molecule has 2 heterocycles. The number of nitrogens with zero attached hydrogens (tertiary/aromatic N) is 2. The van der Waals surface area contributed by atoms with Crippen molar-refractivity contribution in [3.05, 3.63) is 52.4 Å². The summed E-state index contributed by atoms with van der Waals surface area (Å²) in [6, 6.07) is 9.67. The number of anilines is 2. The van der Waals surface area contributed by atoms with Crippen LogP contribution in [0.3, 0.4) is 0 Å². The van der Waals surface area contributed by atoms with Crippen LogP contribution in [0.25, 0.3) is 10.9 Å². The van der Waals surface area contributed by atoms with Crippen molar-refractivity contribution in [3.8, 4) is 0 Å². The summed E-state index contributed by atoms with van der Waals surface area (Å²) in [7, 11) is 0. The fourth-order valence-corrected chi connectivity index (χ4v) is 4.01. The predicted molar refractivity (Wildman–Crippen MR) is 110 cm³/mol. The van der Waals surface area contributed by atoms with E-state index in [2.05, 4.69) is 15.6 Å². The first-order valence-electron chi connectivity index (χ1n) is 10.1. The topological polar surface area (TPSA) is 74.7 Å². The van der Waals surface area contributed by atoms with Crippen molar-refractivity contribution in [2.24, 2.45) is 0 Å². The molecule has 4 rings (SSSR count). The lowest BCUT2D eigenvalue weighted by atomic mass is 9.95. The molecule has 6 nitrogen and oxygen atoms in total. The molecule has 0 bridgehead atoms. The fourth-order valence-electron chi connectivity index (χ4n) is 4.01. The number of pyridine rings is 1. The van der Waals surface area contributed by atoms with E-state index in [1.807, 2.05) is 35.0 Å². The van der Waals surface area contributed by atoms with Gasteiger partial charge in [-0.05, 0) is 36.6 Å². The van der Waals surface area contributed by atoms with Crippen molar-refractivity contribution in [2.45, 2.75) is 51.1 Å². The van der Waals surface area contributed by atoms with Crippen molar-refractivity contribution in [2.75, 3.05) is 11.9 Å². The summed E-state index contributed by atoms with van der Waals surface area (Å²) in [5.74, 6) is 0.519. The van der Waals surface area contributed by atoms with Gasteiger partial charge in [0.15, 0.2) is 5.82 Å². The Morgan fingerprint density at radius 1 is 1.21 bits per heavy atom. The van der Waals surface area contributed by atoms with Gasteiger partial charge in [-0.15, -0.1) is 0 Å². The molecule has 8 heteroatoms. The first kappa shape index (κ1) is 19.6. The van der Waals surface area contributed by atoms with Crippen molar-refractivity contribution < 1.29 is 8.78 Å². The second kappa shape index (κ2) is 8.73. The van der Waals surface area contributed by atoms with E-state index in [-0.39, 0.29) is 12.1 Å². The first-order valence-corrected chi connectivity index (χ1v) is 10.1. The summed E-state index contributed by atoms with van der Waals surface area (Å²) in [5.41, 5.74) is 2.29. The van der Waals surface area contributed by atoms with Crippen LogP contribution >= 0.6 is 0 Å². The molecule has 3 N–H and O–H groups in total. The standard InChI is InChI=1S/C21H25F2N5O/c22-18(23)13-24-12-14-5-4-6-15(11-14)26-20-19-17(9-10-25-21(19)29)28(27-20)16-7-2-1-3-8-16/h4-6,9-11,16,18,24H,1-3,7-8,12-13H2,(H,25,29)(H,26,27). The van der Waals surface area contributed by atoms with Crippen LogP contribution in [-0.4, -0.2) is 27.7 Å². The lowest BCUT2D eigenvalue weighted by molar-refractivity contribution is 0.145. The Morgan fingerprint density at radius 2 is 2.03 bits per heavy atom. The Kier molecular flexibility index (Phi) is 5.89. The maximum atomic E-state index is 12.5. The highest BCUT2D eigenvalue weighted by Crippen LogP contribution is 2.32. The van der Waals surface area contributed by atoms with Crippen molar-refractivity contribution in [3.63, 3.8) is 0 Å². The van der Waals surface area contributed by atoms with Crippen LogP contribution in [0, 0.1) is 0 Å². The second-order valence-corrected chi connectivity index (χ2v) is 7.50. The summed E-state index contributed by atoms with van der Waals surface area (Å²) in [4.78, 5) is 15.3. The molecule has 1 aromatic carbocycles. The van der Waals surface area contributed by atoms with Crippen LogP contribution in [0.5, 0.6) is 0 Å². The Labute approximate surface area is 167 Å². The number of alkyl halides is 2. The monoisotopic (exact) mass is 401 g/mol. The number of benzene rings is 1. The molecule has 1 aliphatic rings. The van der Waals surface area contributed by atoms with E-state index in [9.17, 15) is 13.6 Å². The third kappa shape index (κ3) is 4.48. The number of rotatable bonds is 7. The predicted octanol–water partition coefficient (Wildman–Crippen LogP) is 4.33. The zero-order valence-corrected chi connectivity index (χ0v) is 16.1. The Morgan fingerprint density at radius 3 is 2.83 bits per heavy atom. The summed E-state index contributed by atoms with van der Waals surface area (Å²) < 4.78 is 26.6. The maximum absolute atomic E-state index is 12.5. The number of aromatic amines is 1. The molecule has 0 radical (unpaired) electrons. The normalized spacial score (nSPS) is 15.3. The molecule has 3 aromatic rings. The van der Waals surface area contributed by atoms with Gasteiger partial charge >= 0.3 is 0 Å².